The summed E-state index contributed by atoms with van der Waals surface area (Å²) in [4.78, 5) is 23.8. The van der Waals surface area contributed by atoms with Crippen LogP contribution in [0.5, 0.6) is 0 Å². The monoisotopic (exact) mass is 270 g/mol. The van der Waals surface area contributed by atoms with E-state index in [0.717, 1.165) is 45.2 Å². The first-order chi connectivity index (χ1) is 9.00. The van der Waals surface area contributed by atoms with Crippen molar-refractivity contribution in [1.29, 1.82) is 0 Å². The largest absolute Gasteiger partial charge is 0.481 e. The summed E-state index contributed by atoms with van der Waals surface area (Å²) in [6, 6.07) is 0. The fourth-order valence-electron chi connectivity index (χ4n) is 2.51. The van der Waals surface area contributed by atoms with Crippen LogP contribution in [0.1, 0.15) is 38.5 Å². The van der Waals surface area contributed by atoms with Gasteiger partial charge < -0.3 is 15.3 Å². The third kappa shape index (κ3) is 6.05. The maximum absolute atomic E-state index is 11.4. The van der Waals surface area contributed by atoms with E-state index in [0.29, 0.717) is 12.3 Å². The zero-order valence-corrected chi connectivity index (χ0v) is 12.0. The number of carbonyl (C=O) groups is 2. The number of carboxylic acids is 1. The molecule has 1 saturated carbocycles. The summed E-state index contributed by atoms with van der Waals surface area (Å²) in [6.45, 7) is 1.81. The highest BCUT2D eigenvalue weighted by Gasteiger charge is 2.25. The van der Waals surface area contributed by atoms with Crippen LogP contribution in [0.3, 0.4) is 0 Å². The van der Waals surface area contributed by atoms with E-state index in [1.807, 2.05) is 0 Å². The molecule has 2 N–H and O–H groups in total. The molecule has 1 amide bonds. The van der Waals surface area contributed by atoms with Crippen molar-refractivity contribution in [2.75, 3.05) is 27.2 Å². The lowest BCUT2D eigenvalue weighted by Gasteiger charge is -2.26. The Morgan fingerprint density at radius 1 is 1.21 bits per heavy atom. The third-order valence-electron chi connectivity index (χ3n) is 3.87. The molecule has 0 aliphatic heterocycles. The van der Waals surface area contributed by atoms with Gasteiger partial charge in [0.1, 0.15) is 0 Å². The number of hydrogen-bond acceptors (Lipinski definition) is 3. The summed E-state index contributed by atoms with van der Waals surface area (Å²) in [5.41, 5.74) is 0. The molecule has 0 aromatic heterocycles. The Balaban J connectivity index is 2.02. The highest BCUT2D eigenvalue weighted by atomic mass is 16.4. The average Bonchev–Trinajstić information content (AvgIpc) is 2.38. The molecule has 5 heteroatoms. The maximum Gasteiger partial charge on any atom is 0.306 e. The standard InChI is InChI=1S/C14H26N2O3/c1-16(2)13(17)4-3-9-15-10-11-5-7-12(8-6-11)14(18)19/h11-12,15H,3-10H2,1-2H3,(H,18,19). The molecule has 0 aromatic rings. The summed E-state index contributed by atoms with van der Waals surface area (Å²) < 4.78 is 0. The van der Waals surface area contributed by atoms with Crippen molar-refractivity contribution in [3.05, 3.63) is 0 Å². The van der Waals surface area contributed by atoms with E-state index < -0.39 is 5.97 Å². The first-order valence-electron chi connectivity index (χ1n) is 7.14. The van der Waals surface area contributed by atoms with E-state index in [4.69, 9.17) is 5.11 Å². The number of carbonyl (C=O) groups excluding carboxylic acids is 1. The second kappa shape index (κ2) is 8.15. The van der Waals surface area contributed by atoms with Gasteiger partial charge in [0.05, 0.1) is 5.92 Å². The lowest BCUT2D eigenvalue weighted by atomic mass is 9.82. The lowest BCUT2D eigenvalue weighted by Crippen LogP contribution is -2.30. The van der Waals surface area contributed by atoms with E-state index in [1.165, 1.54) is 0 Å². The van der Waals surface area contributed by atoms with Crippen LogP contribution in [0.15, 0.2) is 0 Å². The summed E-state index contributed by atoms with van der Waals surface area (Å²) in [5, 5.41) is 12.3. The predicted molar refractivity (Wildman–Crippen MR) is 73.9 cm³/mol. The van der Waals surface area contributed by atoms with Crippen LogP contribution >= 0.6 is 0 Å². The molecule has 19 heavy (non-hydrogen) atoms. The van der Waals surface area contributed by atoms with Crippen molar-refractivity contribution in [3.8, 4) is 0 Å². The number of carboxylic acid groups (broad SMARTS) is 1. The predicted octanol–water partition coefficient (Wildman–Crippen LogP) is 1.34. The maximum atomic E-state index is 11.4. The lowest BCUT2D eigenvalue weighted by molar-refractivity contribution is -0.143. The van der Waals surface area contributed by atoms with Crippen molar-refractivity contribution in [2.24, 2.45) is 11.8 Å². The molecular weight excluding hydrogens is 244 g/mol. The van der Waals surface area contributed by atoms with Gasteiger partial charge >= 0.3 is 5.97 Å². The number of nitrogens with one attached hydrogen (secondary N) is 1. The first kappa shape index (κ1) is 16.0. The van der Waals surface area contributed by atoms with Crippen molar-refractivity contribution in [2.45, 2.75) is 38.5 Å². The second-order valence-corrected chi connectivity index (χ2v) is 5.65. The molecule has 1 fully saturated rings. The minimum Gasteiger partial charge on any atom is -0.481 e. The van der Waals surface area contributed by atoms with Crippen LogP contribution in [0.4, 0.5) is 0 Å². The van der Waals surface area contributed by atoms with Crippen molar-refractivity contribution < 1.29 is 14.7 Å². The van der Waals surface area contributed by atoms with E-state index in [1.54, 1.807) is 19.0 Å². The van der Waals surface area contributed by atoms with Crippen LogP contribution in [0, 0.1) is 11.8 Å². The van der Waals surface area contributed by atoms with E-state index in [2.05, 4.69) is 5.32 Å². The molecule has 110 valence electrons. The molecule has 0 atom stereocenters. The van der Waals surface area contributed by atoms with Gasteiger partial charge in [-0.05, 0) is 51.1 Å². The molecular formula is C14H26N2O3. The molecule has 0 unspecified atom stereocenters. The summed E-state index contributed by atoms with van der Waals surface area (Å²) in [5.74, 6) is -0.00788. The van der Waals surface area contributed by atoms with Gasteiger partial charge in [-0.3, -0.25) is 9.59 Å². The molecule has 0 aromatic carbocycles. The zero-order chi connectivity index (χ0) is 14.3. The normalized spacial score (nSPS) is 23.1. The van der Waals surface area contributed by atoms with Gasteiger partial charge in [-0.1, -0.05) is 0 Å². The molecule has 1 aliphatic carbocycles. The number of hydrogen-bond donors (Lipinski definition) is 2. The Morgan fingerprint density at radius 2 is 1.84 bits per heavy atom. The quantitative estimate of drug-likeness (QED) is 0.685. The molecule has 0 heterocycles. The average molecular weight is 270 g/mol. The molecule has 1 aliphatic rings. The van der Waals surface area contributed by atoms with Gasteiger partial charge in [-0.15, -0.1) is 0 Å². The molecule has 5 nitrogen and oxygen atoms in total. The number of rotatable bonds is 7. The second-order valence-electron chi connectivity index (χ2n) is 5.65. The Bertz CT molecular complexity index is 297. The van der Waals surface area contributed by atoms with Crippen molar-refractivity contribution in [3.63, 3.8) is 0 Å². The molecule has 1 rings (SSSR count). The highest BCUT2D eigenvalue weighted by Crippen LogP contribution is 2.28. The third-order valence-corrected chi connectivity index (χ3v) is 3.87. The summed E-state index contributed by atoms with van der Waals surface area (Å²) in [7, 11) is 3.55. The first-order valence-corrected chi connectivity index (χ1v) is 7.14. The SMILES string of the molecule is CN(C)C(=O)CCCNCC1CCC(C(=O)O)CC1. The fraction of sp³-hybridized carbons (Fsp3) is 0.857. The van der Waals surface area contributed by atoms with Gasteiger partial charge in [-0.2, -0.15) is 0 Å². The number of nitrogens with zero attached hydrogens (tertiary/aromatic N) is 1. The highest BCUT2D eigenvalue weighted by molar-refractivity contribution is 5.75. The minimum absolute atomic E-state index is 0.131. The van der Waals surface area contributed by atoms with Gasteiger partial charge in [0.15, 0.2) is 0 Å². The van der Waals surface area contributed by atoms with Crippen molar-refractivity contribution >= 4 is 11.9 Å². The Labute approximate surface area is 115 Å². The van der Waals surface area contributed by atoms with Crippen LogP contribution < -0.4 is 5.32 Å². The fourth-order valence-corrected chi connectivity index (χ4v) is 2.51. The van der Waals surface area contributed by atoms with E-state index in [9.17, 15) is 9.59 Å². The smallest absolute Gasteiger partial charge is 0.306 e. The molecule has 0 radical (unpaired) electrons. The topological polar surface area (TPSA) is 69.6 Å². The van der Waals surface area contributed by atoms with Gasteiger partial charge in [0.2, 0.25) is 5.91 Å². The molecule has 0 bridgehead atoms. The van der Waals surface area contributed by atoms with Gasteiger partial charge in [0.25, 0.3) is 0 Å². The summed E-state index contributed by atoms with van der Waals surface area (Å²) in [6.07, 6.45) is 5.07. The Kier molecular flexibility index (Phi) is 6.84. The van der Waals surface area contributed by atoms with Crippen LogP contribution in [-0.4, -0.2) is 49.1 Å². The Morgan fingerprint density at radius 3 is 2.37 bits per heavy atom. The molecule has 0 saturated heterocycles. The van der Waals surface area contributed by atoms with E-state index >= 15 is 0 Å². The van der Waals surface area contributed by atoms with Crippen LogP contribution in [-0.2, 0) is 9.59 Å². The summed E-state index contributed by atoms with van der Waals surface area (Å²) >= 11 is 0. The van der Waals surface area contributed by atoms with Crippen molar-refractivity contribution in [1.82, 2.24) is 10.2 Å². The van der Waals surface area contributed by atoms with Crippen LogP contribution in [0.2, 0.25) is 0 Å². The number of amides is 1. The minimum atomic E-state index is -0.645. The zero-order valence-electron chi connectivity index (χ0n) is 12.0. The van der Waals surface area contributed by atoms with Crippen LogP contribution in [0.25, 0.3) is 0 Å². The molecule has 0 spiro atoms. The Hall–Kier alpha value is -1.10. The van der Waals surface area contributed by atoms with Gasteiger partial charge in [0, 0.05) is 20.5 Å². The van der Waals surface area contributed by atoms with E-state index in [-0.39, 0.29) is 11.8 Å². The number of aliphatic carboxylic acids is 1. The van der Waals surface area contributed by atoms with Gasteiger partial charge in [-0.25, -0.2) is 0 Å².